The molecule has 72 heavy (non-hydrogen) atoms. The van der Waals surface area contributed by atoms with Crippen molar-refractivity contribution in [2.45, 2.75) is 112 Å². The highest BCUT2D eigenvalue weighted by molar-refractivity contribution is 7.90. The van der Waals surface area contributed by atoms with E-state index in [4.69, 9.17) is 23.9 Å². The summed E-state index contributed by atoms with van der Waals surface area (Å²) in [5.41, 5.74) is 5.64. The van der Waals surface area contributed by atoms with E-state index >= 15 is 0 Å². The number of piperidine rings is 1. The molecule has 8 aliphatic rings. The molecular weight excluding hydrogens is 939 g/mol. The number of nitrogens with zero attached hydrogens (tertiary/aromatic N) is 6. The summed E-state index contributed by atoms with van der Waals surface area (Å²) in [6.45, 7) is 10.2. The third-order valence-corrected chi connectivity index (χ3v) is 18.4. The predicted octanol–water partition coefficient (Wildman–Crippen LogP) is 7.24. The lowest BCUT2D eigenvalue weighted by Gasteiger charge is -2.56. The summed E-state index contributed by atoms with van der Waals surface area (Å²) in [5.74, 6) is -0.0142. The lowest BCUT2D eigenvalue weighted by atomic mass is 9.59. The van der Waals surface area contributed by atoms with Crippen LogP contribution in [0.1, 0.15) is 92.2 Å². The largest absolute Gasteiger partial charge is 0.489 e. The molecule has 7 aliphatic heterocycles. The number of pyridine rings is 1. The Balaban J connectivity index is 0.778. The van der Waals surface area contributed by atoms with Gasteiger partial charge in [0.2, 0.25) is 5.88 Å². The van der Waals surface area contributed by atoms with E-state index in [9.17, 15) is 23.3 Å². The first-order valence-electron chi connectivity index (χ1n) is 25.8. The molecule has 3 N–H and O–H groups in total. The molecule has 18 nitrogen and oxygen atoms in total. The number of carbonyl (C=O) groups excluding carboxylic acids is 1. The van der Waals surface area contributed by atoms with Crippen LogP contribution in [-0.2, 0) is 19.5 Å². The third-order valence-electron chi connectivity index (χ3n) is 17.1. The van der Waals surface area contributed by atoms with Gasteiger partial charge in [-0.1, -0.05) is 38.1 Å². The minimum absolute atomic E-state index is 0.0266. The fourth-order valence-corrected chi connectivity index (χ4v) is 14.4. The van der Waals surface area contributed by atoms with Crippen LogP contribution < -0.4 is 29.3 Å². The number of nitro groups is 1. The van der Waals surface area contributed by atoms with Gasteiger partial charge in [-0.05, 0) is 104 Å². The van der Waals surface area contributed by atoms with E-state index in [0.29, 0.717) is 73.3 Å². The number of ether oxygens (including phenoxy) is 4. The van der Waals surface area contributed by atoms with Crippen LogP contribution in [0.4, 0.5) is 28.4 Å². The number of hydrogen-bond acceptors (Lipinski definition) is 15. The van der Waals surface area contributed by atoms with Crippen LogP contribution in [0.15, 0.2) is 77.8 Å². The first kappa shape index (κ1) is 45.8. The maximum absolute atomic E-state index is 14.8. The Kier molecular flexibility index (Phi) is 11.2. The van der Waals surface area contributed by atoms with Gasteiger partial charge in [0.25, 0.3) is 21.6 Å². The van der Waals surface area contributed by atoms with Crippen LogP contribution in [0.2, 0.25) is 0 Å². The number of likely N-dealkylation sites (tertiary alicyclic amines) is 2. The molecule has 0 radical (unpaired) electrons. The summed E-state index contributed by atoms with van der Waals surface area (Å²) in [7, 11) is -4.69. The molecule has 3 aromatic carbocycles. The average Bonchev–Trinajstić information content (AvgIpc) is 4.24. The number of sulfonamides is 1. The summed E-state index contributed by atoms with van der Waals surface area (Å²) in [6.07, 6.45) is 9.47. The molecule has 6 fully saturated rings. The summed E-state index contributed by atoms with van der Waals surface area (Å²) in [6, 6.07) is 21.4. The molecule has 13 rings (SSSR count). The van der Waals surface area contributed by atoms with Gasteiger partial charge in [0.05, 0.1) is 59.1 Å². The molecule has 1 amide bonds. The molecular formula is C53H61N9O9S. The highest BCUT2D eigenvalue weighted by Crippen LogP contribution is 2.55. The second-order valence-electron chi connectivity index (χ2n) is 21.7. The van der Waals surface area contributed by atoms with Crippen LogP contribution in [0.3, 0.4) is 0 Å². The average molecular weight is 1000 g/mol. The SMILES string of the molecule is CC(C)c1ccccc1[C@@H]1CCCN1C1CC2(CCN(c3ccc(C(=O)NS(=O)(=O)c4cc5c(c([N+](=O)[O-])c4)N[C@H](CN4C[C@H]6C[C@@H]4CO6)CO5)c(N4c5cc6cc[nH]c6nc5O[C@H]5COC[C@@H]54)c3)CC2)C1. The van der Waals surface area contributed by atoms with E-state index in [1.54, 1.807) is 6.07 Å². The zero-order valence-corrected chi connectivity index (χ0v) is 41.4. The van der Waals surface area contributed by atoms with Gasteiger partial charge in [0, 0.05) is 73.7 Å². The maximum atomic E-state index is 14.8. The molecule has 9 heterocycles. The molecule has 0 unspecified atom stereocenters. The van der Waals surface area contributed by atoms with E-state index in [1.807, 2.05) is 35.4 Å². The van der Waals surface area contributed by atoms with Crippen molar-refractivity contribution in [3.05, 3.63) is 99.7 Å². The number of benzene rings is 3. The summed E-state index contributed by atoms with van der Waals surface area (Å²) < 4.78 is 55.2. The lowest BCUT2D eigenvalue weighted by Crippen LogP contribution is -2.55. The predicted molar refractivity (Wildman–Crippen MR) is 270 cm³/mol. The summed E-state index contributed by atoms with van der Waals surface area (Å²) >= 11 is 0. The number of fused-ring (bicyclic) bond motifs is 6. The number of aromatic nitrogens is 2. The molecule has 5 saturated heterocycles. The van der Waals surface area contributed by atoms with Crippen LogP contribution in [0, 0.1) is 15.5 Å². The zero-order valence-electron chi connectivity index (χ0n) is 40.6. The Morgan fingerprint density at radius 2 is 1.83 bits per heavy atom. The van der Waals surface area contributed by atoms with Crippen molar-refractivity contribution in [3.63, 3.8) is 0 Å². The minimum atomic E-state index is -4.69. The van der Waals surface area contributed by atoms with Crippen molar-refractivity contribution in [1.82, 2.24) is 24.5 Å². The van der Waals surface area contributed by atoms with Crippen LogP contribution >= 0.6 is 0 Å². The van der Waals surface area contributed by atoms with Gasteiger partial charge in [-0.25, -0.2) is 13.1 Å². The molecule has 378 valence electrons. The summed E-state index contributed by atoms with van der Waals surface area (Å²) in [5, 5.41) is 16.7. The molecule has 1 spiro atoms. The Morgan fingerprint density at radius 1 is 0.986 bits per heavy atom. The first-order valence-corrected chi connectivity index (χ1v) is 27.3. The smallest absolute Gasteiger partial charge is 0.297 e. The van der Waals surface area contributed by atoms with Crippen LogP contribution in [0.25, 0.3) is 11.0 Å². The van der Waals surface area contributed by atoms with Gasteiger partial charge >= 0.3 is 0 Å². The number of morpholine rings is 1. The van der Waals surface area contributed by atoms with E-state index in [1.165, 1.54) is 42.9 Å². The second kappa shape index (κ2) is 17.6. The monoisotopic (exact) mass is 999 g/mol. The van der Waals surface area contributed by atoms with E-state index in [-0.39, 0.29) is 47.2 Å². The second-order valence-corrected chi connectivity index (χ2v) is 23.4. The van der Waals surface area contributed by atoms with Crippen molar-refractivity contribution in [2.75, 3.05) is 74.3 Å². The highest BCUT2D eigenvalue weighted by atomic mass is 32.2. The number of nitro benzene ring substituents is 1. The number of aromatic amines is 1. The van der Waals surface area contributed by atoms with Gasteiger partial charge < -0.3 is 39.0 Å². The van der Waals surface area contributed by atoms with Crippen molar-refractivity contribution in [2.24, 2.45) is 5.41 Å². The Hall–Kier alpha value is -5.99. The van der Waals surface area contributed by atoms with Crippen molar-refractivity contribution in [3.8, 4) is 11.6 Å². The highest BCUT2D eigenvalue weighted by Gasteiger charge is 2.51. The Labute approximate surface area is 418 Å². The number of amides is 1. The van der Waals surface area contributed by atoms with Crippen molar-refractivity contribution < 1.29 is 37.1 Å². The molecule has 5 aromatic rings. The number of rotatable bonds is 11. The number of nitrogens with one attached hydrogen (secondary N) is 3. The van der Waals surface area contributed by atoms with E-state index in [0.717, 1.165) is 62.6 Å². The number of carbonyl (C=O) groups is 1. The van der Waals surface area contributed by atoms with Crippen molar-refractivity contribution >= 4 is 55.4 Å². The minimum Gasteiger partial charge on any atom is -0.489 e. The normalized spacial score (nSPS) is 26.8. The van der Waals surface area contributed by atoms with Crippen LogP contribution in [-0.4, -0.2) is 135 Å². The van der Waals surface area contributed by atoms with Gasteiger partial charge in [0.1, 0.15) is 24.0 Å². The lowest BCUT2D eigenvalue weighted by molar-refractivity contribution is -0.384. The zero-order chi connectivity index (χ0) is 49.0. The van der Waals surface area contributed by atoms with Gasteiger partial charge in [-0.3, -0.25) is 24.7 Å². The standard InChI is InChI=1S/C53H61N9O9S/c1-31(2)39-6-3-4-7-40(39)42-8-5-15-60(42)36-23-53(24-36)12-16-58(17-13-53)34-9-10-41(43(20-34)61-45-18-32-11-14-54-50(32)56-52(45)71-48-30-68-29-46(48)61)51(63)57-72(66,67)38-21-44(62(64)65)49-47(22-38)70-27-33(55-49)25-59-26-37-19-35(59)28-69-37/h3-4,6-7,9-11,14,18,20-22,31,33,35-37,42,46,48,55H,5,8,12-13,15-17,19,23-30H2,1-2H3,(H,54,56)(H,57,63)/t33-,35-,37-,42+,46+,48+/m1/s1. The number of anilines is 4. The van der Waals surface area contributed by atoms with Gasteiger partial charge in [-0.2, -0.15) is 4.98 Å². The number of H-pyrrole nitrogens is 1. The molecule has 2 aromatic heterocycles. The maximum Gasteiger partial charge on any atom is 0.297 e. The molecule has 6 atom stereocenters. The summed E-state index contributed by atoms with van der Waals surface area (Å²) in [4.78, 5) is 43.7. The quantitative estimate of drug-likeness (QED) is 0.0884. The fraction of sp³-hybridized carbons (Fsp3) is 0.509. The Bertz CT molecular complexity index is 3080. The number of hydrogen-bond donors (Lipinski definition) is 3. The van der Waals surface area contributed by atoms with Gasteiger partial charge in [0.15, 0.2) is 11.4 Å². The van der Waals surface area contributed by atoms with Crippen molar-refractivity contribution in [1.29, 1.82) is 0 Å². The Morgan fingerprint density at radius 3 is 2.62 bits per heavy atom. The topological polar surface area (TPSA) is 197 Å². The first-order chi connectivity index (χ1) is 34.9. The molecule has 2 bridgehead atoms. The molecule has 1 saturated carbocycles. The molecule has 19 heteroatoms. The molecule has 1 aliphatic carbocycles. The van der Waals surface area contributed by atoms with E-state index < -0.39 is 37.5 Å². The van der Waals surface area contributed by atoms with E-state index in [2.05, 4.69) is 67.8 Å². The fourth-order valence-electron chi connectivity index (χ4n) is 13.4. The van der Waals surface area contributed by atoms with Crippen LogP contribution in [0.5, 0.6) is 11.6 Å². The van der Waals surface area contributed by atoms with Gasteiger partial charge in [-0.15, -0.1) is 0 Å². The third kappa shape index (κ3) is 7.93.